The summed E-state index contributed by atoms with van der Waals surface area (Å²) in [6.45, 7) is 0. The zero-order chi connectivity index (χ0) is 21.7. The number of carbonyl (C=O) groups is 2. The van der Waals surface area contributed by atoms with Gasteiger partial charge >= 0.3 is 11.9 Å². The smallest absolute Gasteiger partial charge is 0.335 e. The maximum absolute atomic E-state index is 12.7. The third-order valence-corrected chi connectivity index (χ3v) is 5.46. The predicted molar refractivity (Wildman–Crippen MR) is 115 cm³/mol. The van der Waals surface area contributed by atoms with Crippen LogP contribution < -0.4 is 21.0 Å². The third-order valence-electron chi connectivity index (χ3n) is 5.46. The minimum absolute atomic E-state index is 0.111. The first-order valence-electron chi connectivity index (χ1n) is 9.51. The van der Waals surface area contributed by atoms with Crippen LogP contribution in [0.5, 0.6) is 0 Å². The van der Waals surface area contributed by atoms with Gasteiger partial charge in [-0.1, -0.05) is 24.3 Å². The molecule has 0 fully saturated rings. The highest BCUT2D eigenvalue weighted by Gasteiger charge is 2.26. The number of nitrogens with one attached hydrogen (secondary N) is 3. The van der Waals surface area contributed by atoms with E-state index in [2.05, 4.69) is 16.0 Å². The van der Waals surface area contributed by atoms with Gasteiger partial charge in [0.05, 0.1) is 33.9 Å². The molecule has 0 amide bonds. The van der Waals surface area contributed by atoms with Gasteiger partial charge in [-0.3, -0.25) is 0 Å². The number of hydrogen-bond donors (Lipinski definition) is 5. The first-order valence-corrected chi connectivity index (χ1v) is 9.51. The molecule has 0 aliphatic carbocycles. The molecule has 2 heterocycles. The Kier molecular flexibility index (Phi) is 4.19. The van der Waals surface area contributed by atoms with Crippen LogP contribution in [-0.4, -0.2) is 22.2 Å². The van der Waals surface area contributed by atoms with E-state index in [1.807, 2.05) is 24.3 Å². The molecular formula is C22H17N4O5-. The van der Waals surface area contributed by atoms with Crippen LogP contribution in [0, 0.1) is 5.21 Å². The van der Waals surface area contributed by atoms with Gasteiger partial charge in [0.25, 0.3) is 0 Å². The van der Waals surface area contributed by atoms with Crippen molar-refractivity contribution < 1.29 is 19.8 Å². The third kappa shape index (κ3) is 3.17. The monoisotopic (exact) mass is 417 g/mol. The summed E-state index contributed by atoms with van der Waals surface area (Å²) >= 11 is 0. The lowest BCUT2D eigenvalue weighted by atomic mass is 10.1. The molecule has 9 nitrogen and oxygen atoms in total. The first kappa shape index (κ1) is 18.8. The largest absolute Gasteiger partial charge is 0.757 e. The van der Waals surface area contributed by atoms with E-state index >= 15 is 0 Å². The number of nitrogens with zero attached hydrogens (tertiary/aromatic N) is 1. The summed E-state index contributed by atoms with van der Waals surface area (Å²) in [6.07, 6.45) is -0.892. The van der Waals surface area contributed by atoms with E-state index in [9.17, 15) is 14.8 Å². The second kappa shape index (κ2) is 6.92. The Hall–Kier alpha value is -4.24. The van der Waals surface area contributed by atoms with Crippen molar-refractivity contribution >= 4 is 34.7 Å². The molecule has 0 saturated carbocycles. The van der Waals surface area contributed by atoms with Gasteiger partial charge in [0, 0.05) is 0 Å². The molecule has 2 atom stereocenters. The van der Waals surface area contributed by atoms with Crippen LogP contribution in [0.25, 0.3) is 0 Å². The summed E-state index contributed by atoms with van der Waals surface area (Å²) in [6, 6.07) is 16.6. The number of rotatable bonds is 4. The van der Waals surface area contributed by atoms with Crippen molar-refractivity contribution in [1.29, 1.82) is 0 Å². The van der Waals surface area contributed by atoms with Gasteiger partial charge < -0.3 is 36.4 Å². The molecule has 2 aliphatic rings. The Morgan fingerprint density at radius 1 is 0.742 bits per heavy atom. The molecule has 2 unspecified atom stereocenters. The lowest BCUT2D eigenvalue weighted by Gasteiger charge is -2.32. The topological polar surface area (TPSA) is 137 Å². The fourth-order valence-corrected chi connectivity index (χ4v) is 3.85. The van der Waals surface area contributed by atoms with E-state index in [0.29, 0.717) is 17.1 Å². The maximum Gasteiger partial charge on any atom is 0.335 e. The van der Waals surface area contributed by atoms with Gasteiger partial charge in [0.1, 0.15) is 12.3 Å². The number of benzene rings is 3. The molecule has 9 heteroatoms. The summed E-state index contributed by atoms with van der Waals surface area (Å²) in [5, 5.41) is 41.4. The van der Waals surface area contributed by atoms with Gasteiger partial charge in [0.2, 0.25) is 0 Å². The lowest BCUT2D eigenvalue weighted by Crippen LogP contribution is -2.22. The summed E-state index contributed by atoms with van der Waals surface area (Å²) in [5.41, 5.74) is 4.36. The summed E-state index contributed by atoms with van der Waals surface area (Å²) < 4.78 is 0. The molecule has 0 radical (unpaired) electrons. The highest BCUT2D eigenvalue weighted by atomic mass is 16.5. The van der Waals surface area contributed by atoms with E-state index in [1.54, 1.807) is 18.2 Å². The van der Waals surface area contributed by atoms with Crippen molar-refractivity contribution in [1.82, 2.24) is 0 Å². The molecule has 3 aromatic rings. The Labute approximate surface area is 176 Å². The Morgan fingerprint density at radius 3 is 2.00 bits per heavy atom. The molecule has 0 aromatic heterocycles. The minimum Gasteiger partial charge on any atom is -0.757 e. The van der Waals surface area contributed by atoms with Crippen LogP contribution >= 0.6 is 0 Å². The molecule has 31 heavy (non-hydrogen) atoms. The first-order chi connectivity index (χ1) is 14.9. The zero-order valence-corrected chi connectivity index (χ0v) is 16.0. The number of carboxylic acid groups (broad SMARTS) is 2. The van der Waals surface area contributed by atoms with Gasteiger partial charge in [0.15, 0.2) is 0 Å². The lowest BCUT2D eigenvalue weighted by molar-refractivity contribution is 0.0686. The van der Waals surface area contributed by atoms with Crippen molar-refractivity contribution in [3.05, 3.63) is 88.1 Å². The van der Waals surface area contributed by atoms with E-state index in [0.717, 1.165) is 21.9 Å². The molecular weight excluding hydrogens is 400 g/mol. The molecule has 0 spiro atoms. The second-order valence-corrected chi connectivity index (χ2v) is 7.36. The van der Waals surface area contributed by atoms with Crippen LogP contribution in [0.3, 0.4) is 0 Å². The Bertz CT molecular complexity index is 1210. The SMILES string of the molecule is O=C(O)c1ccc2c(c1)NC(c1ccc(C3Nc4cc(C(=O)O)ccc4N3[O-])cc1)N2. The fourth-order valence-electron chi connectivity index (χ4n) is 3.85. The normalized spacial score (nSPS) is 18.4. The number of hydroxylamine groups is 1. The maximum atomic E-state index is 12.7. The number of carboxylic acids is 2. The Balaban J connectivity index is 1.34. The fraction of sp³-hybridized carbons (Fsp3) is 0.0909. The summed E-state index contributed by atoms with van der Waals surface area (Å²) in [5.74, 6) is -2.04. The highest BCUT2D eigenvalue weighted by molar-refractivity contribution is 5.92. The molecule has 2 aliphatic heterocycles. The van der Waals surface area contributed by atoms with Gasteiger partial charge in [-0.25, -0.2) is 9.59 Å². The van der Waals surface area contributed by atoms with Crippen molar-refractivity contribution in [2.24, 2.45) is 0 Å². The number of hydrogen-bond acceptors (Lipinski definition) is 7. The van der Waals surface area contributed by atoms with E-state index < -0.39 is 18.1 Å². The van der Waals surface area contributed by atoms with Crippen molar-refractivity contribution in [3.63, 3.8) is 0 Å². The number of aromatic carboxylic acids is 2. The summed E-state index contributed by atoms with van der Waals surface area (Å²) in [7, 11) is 0. The van der Waals surface area contributed by atoms with Gasteiger partial charge in [-0.2, -0.15) is 0 Å². The van der Waals surface area contributed by atoms with Crippen LogP contribution in [0.1, 0.15) is 44.2 Å². The van der Waals surface area contributed by atoms with Crippen LogP contribution in [0.2, 0.25) is 0 Å². The van der Waals surface area contributed by atoms with E-state index in [-0.39, 0.29) is 17.3 Å². The zero-order valence-electron chi connectivity index (χ0n) is 16.0. The van der Waals surface area contributed by atoms with Gasteiger partial charge in [-0.15, -0.1) is 0 Å². The van der Waals surface area contributed by atoms with Crippen molar-refractivity contribution in [2.75, 3.05) is 21.0 Å². The quantitative estimate of drug-likeness (QED) is 0.426. The molecule has 5 rings (SSSR count). The number of fused-ring (bicyclic) bond motifs is 2. The average molecular weight is 417 g/mol. The number of anilines is 4. The predicted octanol–water partition coefficient (Wildman–Crippen LogP) is 4.05. The Morgan fingerprint density at radius 2 is 1.32 bits per heavy atom. The summed E-state index contributed by atoms with van der Waals surface area (Å²) in [4.78, 5) is 22.3. The van der Waals surface area contributed by atoms with Crippen molar-refractivity contribution in [3.8, 4) is 0 Å². The van der Waals surface area contributed by atoms with E-state index in [4.69, 9.17) is 10.2 Å². The molecule has 3 aromatic carbocycles. The van der Waals surface area contributed by atoms with Crippen LogP contribution in [-0.2, 0) is 0 Å². The standard InChI is InChI=1S/C22H17N4O5/c27-21(28)13-5-7-15-16(9-13)24-19(23-15)11-1-3-12(4-2-11)20-25-17-10-14(22(29)30)6-8-18(17)26(20)31/h1-10,19-20,23-25H,(H,27,28)(H,29,30)/q-1. The van der Waals surface area contributed by atoms with Crippen LogP contribution in [0.15, 0.2) is 60.7 Å². The minimum atomic E-state index is -1.05. The van der Waals surface area contributed by atoms with Crippen molar-refractivity contribution in [2.45, 2.75) is 12.3 Å². The molecule has 0 bridgehead atoms. The molecule has 5 N–H and O–H groups in total. The molecule has 156 valence electrons. The van der Waals surface area contributed by atoms with Crippen LogP contribution in [0.4, 0.5) is 22.7 Å². The van der Waals surface area contributed by atoms with Gasteiger partial charge in [-0.05, 0) is 47.5 Å². The molecule has 0 saturated heterocycles. The van der Waals surface area contributed by atoms with E-state index in [1.165, 1.54) is 18.2 Å². The second-order valence-electron chi connectivity index (χ2n) is 7.36. The average Bonchev–Trinajstić information content (AvgIpc) is 3.34. The highest BCUT2D eigenvalue weighted by Crippen LogP contribution is 2.41.